The number of hydrogen-bond acceptors (Lipinski definition) is 4. The number of anilines is 1. The first-order valence-electron chi connectivity index (χ1n) is 6.50. The zero-order valence-electron chi connectivity index (χ0n) is 11.3. The Labute approximate surface area is 129 Å². The van der Waals surface area contributed by atoms with E-state index in [0.717, 1.165) is 30.8 Å². The highest BCUT2D eigenvalue weighted by Gasteiger charge is 2.46. The molecule has 3 nitrogen and oxygen atoms in total. The standard InChI is InChI=1S/C14H12F3NO2S2/c15-14(16,17)22(19,20)12-3-1-11(2-4-12)18-7-5-13-10(9-18)6-8-21-13/h1-4,6,8H,5,7,9H2. The van der Waals surface area contributed by atoms with Crippen LogP contribution in [-0.2, 0) is 22.8 Å². The van der Waals surface area contributed by atoms with Gasteiger partial charge in [-0.25, -0.2) is 8.42 Å². The molecule has 0 fully saturated rings. The number of fused-ring (bicyclic) bond motifs is 1. The Morgan fingerprint density at radius 3 is 2.41 bits per heavy atom. The van der Waals surface area contributed by atoms with Crippen molar-refractivity contribution in [1.29, 1.82) is 0 Å². The van der Waals surface area contributed by atoms with Crippen molar-refractivity contribution in [3.05, 3.63) is 46.2 Å². The van der Waals surface area contributed by atoms with E-state index < -0.39 is 20.2 Å². The van der Waals surface area contributed by atoms with Gasteiger partial charge >= 0.3 is 5.51 Å². The van der Waals surface area contributed by atoms with Gasteiger partial charge in [0.15, 0.2) is 0 Å². The van der Waals surface area contributed by atoms with Crippen LogP contribution in [0.25, 0.3) is 0 Å². The zero-order valence-corrected chi connectivity index (χ0v) is 12.9. The van der Waals surface area contributed by atoms with Gasteiger partial charge in [-0.3, -0.25) is 0 Å². The van der Waals surface area contributed by atoms with Crippen LogP contribution in [0.1, 0.15) is 10.4 Å². The monoisotopic (exact) mass is 347 g/mol. The van der Waals surface area contributed by atoms with Crippen molar-refractivity contribution >= 4 is 26.9 Å². The summed E-state index contributed by atoms with van der Waals surface area (Å²) in [4.78, 5) is 2.63. The van der Waals surface area contributed by atoms with E-state index in [4.69, 9.17) is 0 Å². The summed E-state index contributed by atoms with van der Waals surface area (Å²) in [5, 5.41) is 2.02. The molecule has 8 heteroatoms. The number of sulfone groups is 1. The quantitative estimate of drug-likeness (QED) is 0.833. The Balaban J connectivity index is 1.84. The topological polar surface area (TPSA) is 37.4 Å². The molecule has 0 N–H and O–H groups in total. The molecule has 2 aromatic rings. The Morgan fingerprint density at radius 1 is 1.09 bits per heavy atom. The third-order valence-corrected chi connectivity index (χ3v) is 6.15. The number of alkyl halides is 3. The minimum Gasteiger partial charge on any atom is -0.367 e. The van der Waals surface area contributed by atoms with Gasteiger partial charge in [0.1, 0.15) is 0 Å². The van der Waals surface area contributed by atoms with Crippen LogP contribution in [0.3, 0.4) is 0 Å². The number of rotatable bonds is 2. The lowest BCUT2D eigenvalue weighted by molar-refractivity contribution is -0.0436. The minimum atomic E-state index is -5.28. The Morgan fingerprint density at radius 2 is 1.77 bits per heavy atom. The average molecular weight is 347 g/mol. The maximum absolute atomic E-state index is 12.5. The fraction of sp³-hybridized carbons (Fsp3) is 0.286. The molecule has 0 saturated carbocycles. The van der Waals surface area contributed by atoms with E-state index in [-0.39, 0.29) is 0 Å². The summed E-state index contributed by atoms with van der Waals surface area (Å²) >= 11 is 1.70. The predicted octanol–water partition coefficient (Wildman–Crippen LogP) is 3.60. The summed E-state index contributed by atoms with van der Waals surface area (Å²) in [5.41, 5.74) is -3.34. The van der Waals surface area contributed by atoms with Crippen molar-refractivity contribution in [2.24, 2.45) is 0 Å². The van der Waals surface area contributed by atoms with Crippen LogP contribution in [0.5, 0.6) is 0 Å². The fourth-order valence-electron chi connectivity index (χ4n) is 2.44. The summed E-state index contributed by atoms with van der Waals surface area (Å²) in [6.45, 7) is 1.45. The summed E-state index contributed by atoms with van der Waals surface area (Å²) in [7, 11) is -5.28. The van der Waals surface area contributed by atoms with Crippen molar-refractivity contribution < 1.29 is 21.6 Å². The van der Waals surface area contributed by atoms with E-state index >= 15 is 0 Å². The molecular weight excluding hydrogens is 335 g/mol. The van der Waals surface area contributed by atoms with Gasteiger partial charge in [-0.2, -0.15) is 13.2 Å². The summed E-state index contributed by atoms with van der Waals surface area (Å²) in [6.07, 6.45) is 0.885. The van der Waals surface area contributed by atoms with Gasteiger partial charge < -0.3 is 4.90 Å². The molecule has 2 heterocycles. The van der Waals surface area contributed by atoms with Gasteiger partial charge in [-0.05, 0) is 47.7 Å². The Bertz CT molecular complexity index is 779. The van der Waals surface area contributed by atoms with Crippen molar-refractivity contribution in [2.75, 3.05) is 11.4 Å². The molecule has 0 amide bonds. The second-order valence-electron chi connectivity index (χ2n) is 4.98. The first-order chi connectivity index (χ1) is 10.3. The smallest absolute Gasteiger partial charge is 0.367 e. The van der Waals surface area contributed by atoms with Gasteiger partial charge in [-0.15, -0.1) is 11.3 Å². The lowest BCUT2D eigenvalue weighted by Gasteiger charge is -2.29. The third kappa shape index (κ3) is 2.61. The molecule has 1 aliphatic rings. The second kappa shape index (κ2) is 5.27. The maximum atomic E-state index is 12.5. The number of halogens is 3. The highest BCUT2D eigenvalue weighted by Crippen LogP contribution is 2.32. The van der Waals surface area contributed by atoms with Crippen molar-refractivity contribution in [3.63, 3.8) is 0 Å². The van der Waals surface area contributed by atoms with Crippen LogP contribution >= 0.6 is 11.3 Å². The number of hydrogen-bond donors (Lipinski definition) is 0. The zero-order chi connectivity index (χ0) is 16.0. The maximum Gasteiger partial charge on any atom is 0.501 e. The molecule has 1 aliphatic heterocycles. The molecule has 0 radical (unpaired) electrons. The first kappa shape index (κ1) is 15.4. The largest absolute Gasteiger partial charge is 0.501 e. The minimum absolute atomic E-state index is 0.685. The van der Waals surface area contributed by atoms with Crippen molar-refractivity contribution in [3.8, 4) is 0 Å². The molecule has 0 unspecified atom stereocenters. The molecule has 0 spiro atoms. The van der Waals surface area contributed by atoms with Crippen LogP contribution in [0.2, 0.25) is 0 Å². The molecule has 0 atom stereocenters. The number of thiophene rings is 1. The Kier molecular flexibility index (Phi) is 3.68. The SMILES string of the molecule is O=S(=O)(c1ccc(N2CCc3sccc3C2)cc1)C(F)(F)F. The normalized spacial score (nSPS) is 15.7. The molecule has 0 bridgehead atoms. The first-order valence-corrected chi connectivity index (χ1v) is 8.87. The third-order valence-electron chi connectivity index (χ3n) is 3.62. The summed E-state index contributed by atoms with van der Waals surface area (Å²) in [6, 6.07) is 6.92. The molecule has 3 rings (SSSR count). The molecular formula is C14H12F3NO2S2. The van der Waals surface area contributed by atoms with E-state index in [9.17, 15) is 21.6 Å². The lowest BCUT2D eigenvalue weighted by Crippen LogP contribution is -2.29. The molecule has 1 aromatic carbocycles. The van der Waals surface area contributed by atoms with Crippen LogP contribution in [0.15, 0.2) is 40.6 Å². The highest BCUT2D eigenvalue weighted by atomic mass is 32.2. The molecule has 0 aliphatic carbocycles. The number of nitrogens with zero attached hydrogens (tertiary/aromatic N) is 1. The van der Waals surface area contributed by atoms with E-state index in [1.165, 1.54) is 22.6 Å². The summed E-state index contributed by atoms with van der Waals surface area (Å²) < 4.78 is 60.2. The van der Waals surface area contributed by atoms with Gasteiger partial charge in [0, 0.05) is 23.7 Å². The molecule has 0 saturated heterocycles. The van der Waals surface area contributed by atoms with Crippen LogP contribution in [0, 0.1) is 0 Å². The van der Waals surface area contributed by atoms with Crippen LogP contribution in [0.4, 0.5) is 18.9 Å². The molecule has 1 aromatic heterocycles. The fourth-order valence-corrected chi connectivity index (χ4v) is 4.09. The lowest BCUT2D eigenvalue weighted by atomic mass is 10.1. The Hall–Kier alpha value is -1.54. The second-order valence-corrected chi connectivity index (χ2v) is 7.93. The van der Waals surface area contributed by atoms with Crippen LogP contribution in [-0.4, -0.2) is 20.5 Å². The highest BCUT2D eigenvalue weighted by molar-refractivity contribution is 7.92. The van der Waals surface area contributed by atoms with Crippen molar-refractivity contribution in [1.82, 2.24) is 0 Å². The average Bonchev–Trinajstić information content (AvgIpc) is 2.93. The van der Waals surface area contributed by atoms with E-state index in [1.54, 1.807) is 11.3 Å². The van der Waals surface area contributed by atoms with Crippen molar-refractivity contribution in [2.45, 2.75) is 23.4 Å². The van der Waals surface area contributed by atoms with Gasteiger partial charge in [-0.1, -0.05) is 0 Å². The predicted molar refractivity (Wildman–Crippen MR) is 78.8 cm³/mol. The van der Waals surface area contributed by atoms with E-state index in [1.807, 2.05) is 16.3 Å². The molecule has 22 heavy (non-hydrogen) atoms. The number of benzene rings is 1. The molecule has 118 valence electrons. The summed E-state index contributed by atoms with van der Waals surface area (Å²) in [5.74, 6) is 0. The van der Waals surface area contributed by atoms with Gasteiger partial charge in [0.05, 0.1) is 4.90 Å². The van der Waals surface area contributed by atoms with Crippen LogP contribution < -0.4 is 4.90 Å². The van der Waals surface area contributed by atoms with E-state index in [2.05, 4.69) is 0 Å². The van der Waals surface area contributed by atoms with E-state index in [0.29, 0.717) is 6.54 Å². The van der Waals surface area contributed by atoms with Gasteiger partial charge in [0.2, 0.25) is 0 Å². The van der Waals surface area contributed by atoms with Gasteiger partial charge in [0.25, 0.3) is 9.84 Å².